The molecule has 1 aliphatic heterocycles. The third kappa shape index (κ3) is 2.91. The molecule has 2 heterocycles. The number of nitrogens with two attached hydrogens (primary N) is 1. The highest BCUT2D eigenvalue weighted by atomic mass is 32.1. The minimum atomic E-state index is 0.383. The first-order valence-electron chi connectivity index (χ1n) is 5.48. The van der Waals surface area contributed by atoms with Gasteiger partial charge < -0.3 is 4.74 Å². The Morgan fingerprint density at radius 2 is 2.62 bits per heavy atom. The number of ether oxygens (including phenoxy) is 1. The minimum Gasteiger partial charge on any atom is -0.380 e. The van der Waals surface area contributed by atoms with E-state index in [2.05, 4.69) is 15.3 Å². The predicted molar refractivity (Wildman–Crippen MR) is 65.2 cm³/mol. The molecule has 5 nitrogen and oxygen atoms in total. The molecule has 16 heavy (non-hydrogen) atoms. The lowest BCUT2D eigenvalue weighted by Crippen LogP contribution is -2.38. The van der Waals surface area contributed by atoms with Gasteiger partial charge in [-0.1, -0.05) is 11.3 Å². The van der Waals surface area contributed by atoms with Crippen molar-refractivity contribution >= 4 is 16.5 Å². The van der Waals surface area contributed by atoms with Crippen LogP contribution in [0.3, 0.4) is 0 Å². The number of rotatable bonds is 4. The third-order valence-corrected chi connectivity index (χ3v) is 3.77. The summed E-state index contributed by atoms with van der Waals surface area (Å²) in [6, 6.07) is 0. The molecule has 1 fully saturated rings. The van der Waals surface area contributed by atoms with Gasteiger partial charge in [0.25, 0.3) is 0 Å². The van der Waals surface area contributed by atoms with E-state index in [1.807, 2.05) is 6.20 Å². The number of hydrogen-bond acceptors (Lipinski definition) is 6. The molecular weight excluding hydrogens is 224 g/mol. The summed E-state index contributed by atoms with van der Waals surface area (Å²) < 4.78 is 5.40. The van der Waals surface area contributed by atoms with Crippen molar-refractivity contribution in [1.29, 1.82) is 0 Å². The van der Waals surface area contributed by atoms with Crippen molar-refractivity contribution in [3.05, 3.63) is 11.1 Å². The molecule has 0 saturated carbocycles. The fourth-order valence-electron chi connectivity index (χ4n) is 2.02. The number of hydrogen-bond donors (Lipinski definition) is 2. The van der Waals surface area contributed by atoms with Gasteiger partial charge in [-0.25, -0.2) is 10.8 Å². The molecule has 1 aliphatic rings. The topological polar surface area (TPSA) is 63.4 Å². The van der Waals surface area contributed by atoms with E-state index >= 15 is 0 Å². The highest BCUT2D eigenvalue weighted by Crippen LogP contribution is 2.21. The fraction of sp³-hybridized carbons (Fsp3) is 0.700. The smallest absolute Gasteiger partial charge is 0.197 e. The summed E-state index contributed by atoms with van der Waals surface area (Å²) in [5.41, 5.74) is 2.57. The van der Waals surface area contributed by atoms with E-state index < -0.39 is 0 Å². The van der Waals surface area contributed by atoms with Crippen molar-refractivity contribution in [3.63, 3.8) is 0 Å². The molecule has 0 amide bonds. The third-order valence-electron chi connectivity index (χ3n) is 2.85. The molecular formula is C10H18N4OS. The van der Waals surface area contributed by atoms with Crippen molar-refractivity contribution < 1.29 is 4.74 Å². The Balaban J connectivity index is 1.88. The summed E-state index contributed by atoms with van der Waals surface area (Å²) in [7, 11) is 1.79. The van der Waals surface area contributed by atoms with Crippen LogP contribution in [-0.4, -0.2) is 36.2 Å². The Bertz CT molecular complexity index is 330. The van der Waals surface area contributed by atoms with Crippen LogP contribution < -0.4 is 11.3 Å². The molecule has 0 radical (unpaired) electrons. The summed E-state index contributed by atoms with van der Waals surface area (Å²) in [4.78, 5) is 7.81. The van der Waals surface area contributed by atoms with Crippen LogP contribution in [0.15, 0.2) is 6.20 Å². The average molecular weight is 242 g/mol. The summed E-state index contributed by atoms with van der Waals surface area (Å²) in [5.74, 6) is 5.30. The maximum absolute atomic E-state index is 5.40. The Hall–Kier alpha value is -0.690. The number of methoxy groups -OCH3 is 1. The molecule has 3 N–H and O–H groups in total. The lowest BCUT2D eigenvalue weighted by Gasteiger charge is -2.31. The largest absolute Gasteiger partial charge is 0.380 e. The molecule has 2 rings (SSSR count). The first-order chi connectivity index (χ1) is 7.81. The predicted octanol–water partition coefficient (Wildman–Crippen LogP) is 1.04. The van der Waals surface area contributed by atoms with E-state index in [-0.39, 0.29) is 0 Å². The van der Waals surface area contributed by atoms with Crippen LogP contribution in [0.4, 0.5) is 5.13 Å². The van der Waals surface area contributed by atoms with Gasteiger partial charge in [0.1, 0.15) is 0 Å². The first-order valence-corrected chi connectivity index (χ1v) is 6.30. The Labute approximate surface area is 99.6 Å². The molecule has 1 saturated heterocycles. The molecule has 1 aromatic rings. The average Bonchev–Trinajstić information content (AvgIpc) is 2.77. The summed E-state index contributed by atoms with van der Waals surface area (Å²) in [6.45, 7) is 3.10. The number of nitrogens with zero attached hydrogens (tertiary/aromatic N) is 2. The Morgan fingerprint density at radius 3 is 3.31 bits per heavy atom. The standard InChI is InChI=1S/C10H18N4OS/c1-15-8-3-2-4-14(6-8)7-9-5-12-10(13-11)16-9/h5,8H,2-4,6-7,11H2,1H3,(H,12,13). The number of anilines is 1. The van der Waals surface area contributed by atoms with Gasteiger partial charge >= 0.3 is 0 Å². The van der Waals surface area contributed by atoms with Gasteiger partial charge in [-0.05, 0) is 19.4 Å². The zero-order chi connectivity index (χ0) is 11.4. The van der Waals surface area contributed by atoms with Crippen LogP contribution in [0.1, 0.15) is 17.7 Å². The summed E-state index contributed by atoms with van der Waals surface area (Å²) in [5, 5.41) is 0.773. The minimum absolute atomic E-state index is 0.383. The van der Waals surface area contributed by atoms with Gasteiger partial charge in [0, 0.05) is 31.3 Å². The van der Waals surface area contributed by atoms with E-state index in [0.717, 1.165) is 24.8 Å². The molecule has 0 aromatic carbocycles. The second kappa shape index (κ2) is 5.58. The second-order valence-corrected chi connectivity index (χ2v) is 5.13. The molecule has 1 unspecified atom stereocenters. The van der Waals surface area contributed by atoms with Crippen LogP contribution in [0.5, 0.6) is 0 Å². The van der Waals surface area contributed by atoms with Crippen molar-refractivity contribution in [3.8, 4) is 0 Å². The summed E-state index contributed by atoms with van der Waals surface area (Å²) in [6.07, 6.45) is 4.65. The maximum Gasteiger partial charge on any atom is 0.197 e. The molecule has 1 aromatic heterocycles. The molecule has 0 bridgehead atoms. The number of thiazole rings is 1. The summed E-state index contributed by atoms with van der Waals surface area (Å²) >= 11 is 1.61. The molecule has 0 spiro atoms. The van der Waals surface area contributed by atoms with Crippen molar-refractivity contribution in [2.75, 3.05) is 25.6 Å². The normalized spacial score (nSPS) is 22.2. The monoisotopic (exact) mass is 242 g/mol. The van der Waals surface area contributed by atoms with Crippen LogP contribution in [0, 0.1) is 0 Å². The van der Waals surface area contributed by atoms with Gasteiger partial charge in [-0.3, -0.25) is 10.3 Å². The highest BCUT2D eigenvalue weighted by molar-refractivity contribution is 7.15. The van der Waals surface area contributed by atoms with E-state index in [4.69, 9.17) is 10.6 Å². The fourth-order valence-corrected chi connectivity index (χ4v) is 2.78. The lowest BCUT2D eigenvalue weighted by atomic mass is 10.1. The van der Waals surface area contributed by atoms with E-state index in [9.17, 15) is 0 Å². The number of piperidine rings is 1. The number of likely N-dealkylation sites (tertiary alicyclic amines) is 1. The highest BCUT2D eigenvalue weighted by Gasteiger charge is 2.19. The number of nitrogens with one attached hydrogen (secondary N) is 1. The van der Waals surface area contributed by atoms with Crippen LogP contribution >= 0.6 is 11.3 Å². The van der Waals surface area contributed by atoms with E-state index in [1.165, 1.54) is 17.7 Å². The number of aromatic nitrogens is 1. The van der Waals surface area contributed by atoms with E-state index in [1.54, 1.807) is 18.4 Å². The van der Waals surface area contributed by atoms with Gasteiger partial charge in [-0.15, -0.1) is 0 Å². The van der Waals surface area contributed by atoms with Gasteiger partial charge in [0.15, 0.2) is 5.13 Å². The maximum atomic E-state index is 5.40. The van der Waals surface area contributed by atoms with Crippen LogP contribution in [0.25, 0.3) is 0 Å². The zero-order valence-corrected chi connectivity index (χ0v) is 10.3. The van der Waals surface area contributed by atoms with Gasteiger partial charge in [-0.2, -0.15) is 0 Å². The molecule has 6 heteroatoms. The molecule has 1 atom stereocenters. The lowest BCUT2D eigenvalue weighted by molar-refractivity contribution is 0.0289. The van der Waals surface area contributed by atoms with Crippen molar-refractivity contribution in [2.24, 2.45) is 5.84 Å². The Morgan fingerprint density at radius 1 is 1.75 bits per heavy atom. The van der Waals surface area contributed by atoms with Crippen molar-refractivity contribution in [1.82, 2.24) is 9.88 Å². The number of hydrazine groups is 1. The second-order valence-electron chi connectivity index (χ2n) is 4.01. The Kier molecular flexibility index (Phi) is 4.11. The van der Waals surface area contributed by atoms with Crippen LogP contribution in [-0.2, 0) is 11.3 Å². The van der Waals surface area contributed by atoms with Crippen molar-refractivity contribution in [2.45, 2.75) is 25.5 Å². The van der Waals surface area contributed by atoms with E-state index in [0.29, 0.717) is 6.10 Å². The van der Waals surface area contributed by atoms with Gasteiger partial charge in [0.2, 0.25) is 0 Å². The van der Waals surface area contributed by atoms with Gasteiger partial charge in [0.05, 0.1) is 6.10 Å². The number of nitrogen functional groups attached to an aromatic ring is 1. The SMILES string of the molecule is COC1CCCN(Cc2cnc(NN)s2)C1. The zero-order valence-electron chi connectivity index (χ0n) is 9.48. The van der Waals surface area contributed by atoms with Crippen LogP contribution in [0.2, 0.25) is 0 Å². The first kappa shape index (κ1) is 11.8. The molecule has 0 aliphatic carbocycles. The molecule has 90 valence electrons. The quantitative estimate of drug-likeness (QED) is 0.610.